The molecule has 0 amide bonds. The summed E-state index contributed by atoms with van der Waals surface area (Å²) in [4.78, 5) is 10.1. The molecule has 0 spiro atoms. The van der Waals surface area contributed by atoms with Gasteiger partial charge in [-0.2, -0.15) is 0 Å². The summed E-state index contributed by atoms with van der Waals surface area (Å²) in [5.74, 6) is -1.78. The fourth-order valence-electron chi connectivity index (χ4n) is 0.507. The van der Waals surface area contributed by atoms with Gasteiger partial charge < -0.3 is 10.2 Å². The van der Waals surface area contributed by atoms with E-state index in [1.807, 2.05) is 4.72 Å². The maximum Gasteiger partial charge on any atom is 0.333 e. The van der Waals surface area contributed by atoms with Crippen molar-refractivity contribution in [3.8, 4) is 0 Å². The van der Waals surface area contributed by atoms with Crippen molar-refractivity contribution >= 4 is 16.0 Å². The molecule has 13 heavy (non-hydrogen) atoms. The van der Waals surface area contributed by atoms with Gasteiger partial charge in [0.1, 0.15) is 0 Å². The third kappa shape index (κ3) is 5.34. The quantitative estimate of drug-likeness (QED) is 0.464. The molecule has 0 rings (SSSR count). The van der Waals surface area contributed by atoms with Crippen molar-refractivity contribution in [3.05, 3.63) is 12.7 Å². The molecule has 7 heteroatoms. The Balaban J connectivity index is 4.02. The number of sulfonamides is 1. The molecular weight excluding hydrogens is 198 g/mol. The second kappa shape index (κ2) is 4.95. The Morgan fingerprint density at radius 1 is 1.62 bits per heavy atom. The van der Waals surface area contributed by atoms with E-state index in [9.17, 15) is 13.2 Å². The molecule has 76 valence electrons. The molecule has 0 radical (unpaired) electrons. The molecule has 1 unspecified atom stereocenters. The van der Waals surface area contributed by atoms with Crippen LogP contribution < -0.4 is 4.72 Å². The van der Waals surface area contributed by atoms with Gasteiger partial charge in [-0.3, -0.25) is 0 Å². The summed E-state index contributed by atoms with van der Waals surface area (Å²) in [6.07, 6.45) is -0.560. The standard InChI is InChI=1S/C6H11NO5S/c1-2-3-13(11,12)7-4-5(8)6(9)10/h2,5,7-8H,1,3-4H2,(H,9,10). The molecule has 1 atom stereocenters. The molecule has 0 aliphatic carbocycles. The molecule has 0 aromatic heterocycles. The number of aliphatic hydroxyl groups is 1. The molecule has 0 heterocycles. The van der Waals surface area contributed by atoms with Crippen LogP contribution in [0.3, 0.4) is 0 Å². The highest BCUT2D eigenvalue weighted by Crippen LogP contribution is 1.87. The summed E-state index contributed by atoms with van der Waals surface area (Å²) < 4.78 is 23.7. The van der Waals surface area contributed by atoms with Crippen LogP contribution in [0.1, 0.15) is 0 Å². The fourth-order valence-corrected chi connectivity index (χ4v) is 1.35. The summed E-state index contributed by atoms with van der Waals surface area (Å²) in [5.41, 5.74) is 0. The minimum absolute atomic E-state index is 0.306. The van der Waals surface area contributed by atoms with Crippen molar-refractivity contribution in [2.45, 2.75) is 6.10 Å². The minimum Gasteiger partial charge on any atom is -0.479 e. The predicted octanol–water partition coefficient (Wildman–Crippen LogP) is -1.46. The molecule has 6 nitrogen and oxygen atoms in total. The highest BCUT2D eigenvalue weighted by molar-refractivity contribution is 7.89. The lowest BCUT2D eigenvalue weighted by atomic mass is 10.4. The zero-order chi connectivity index (χ0) is 10.5. The number of aliphatic carboxylic acids is 1. The van der Waals surface area contributed by atoms with Crippen LogP contribution in [0.2, 0.25) is 0 Å². The lowest BCUT2D eigenvalue weighted by Crippen LogP contribution is -2.37. The van der Waals surface area contributed by atoms with Gasteiger partial charge in [-0.1, -0.05) is 6.08 Å². The first kappa shape index (κ1) is 12.1. The molecule has 0 aromatic rings. The first-order valence-electron chi connectivity index (χ1n) is 3.38. The van der Waals surface area contributed by atoms with Crippen LogP contribution in [0.15, 0.2) is 12.7 Å². The highest BCUT2D eigenvalue weighted by atomic mass is 32.2. The van der Waals surface area contributed by atoms with Crippen LogP contribution >= 0.6 is 0 Å². The normalized spacial score (nSPS) is 13.6. The number of hydrogen-bond donors (Lipinski definition) is 3. The molecule has 0 fully saturated rings. The van der Waals surface area contributed by atoms with E-state index >= 15 is 0 Å². The molecule has 0 saturated carbocycles. The van der Waals surface area contributed by atoms with E-state index in [1.54, 1.807) is 0 Å². The van der Waals surface area contributed by atoms with Gasteiger partial charge in [-0.05, 0) is 0 Å². The Morgan fingerprint density at radius 3 is 2.54 bits per heavy atom. The van der Waals surface area contributed by atoms with Crippen molar-refractivity contribution in [1.82, 2.24) is 4.72 Å². The van der Waals surface area contributed by atoms with E-state index in [1.165, 1.54) is 0 Å². The number of carbonyl (C=O) groups is 1. The lowest BCUT2D eigenvalue weighted by Gasteiger charge is -2.06. The van der Waals surface area contributed by atoms with Gasteiger partial charge in [-0.25, -0.2) is 17.9 Å². The van der Waals surface area contributed by atoms with E-state index in [2.05, 4.69) is 6.58 Å². The van der Waals surface area contributed by atoms with Crippen LogP contribution in [0, 0.1) is 0 Å². The monoisotopic (exact) mass is 209 g/mol. The van der Waals surface area contributed by atoms with Crippen molar-refractivity contribution < 1.29 is 23.4 Å². The first-order valence-corrected chi connectivity index (χ1v) is 5.03. The fraction of sp³-hybridized carbons (Fsp3) is 0.500. The molecule has 3 N–H and O–H groups in total. The van der Waals surface area contributed by atoms with Crippen LogP contribution in [-0.2, 0) is 14.8 Å². The average molecular weight is 209 g/mol. The third-order valence-corrected chi connectivity index (χ3v) is 2.40. The predicted molar refractivity (Wildman–Crippen MR) is 45.6 cm³/mol. The van der Waals surface area contributed by atoms with Crippen LogP contribution in [0.4, 0.5) is 0 Å². The number of hydrogen-bond acceptors (Lipinski definition) is 4. The summed E-state index contributed by atoms with van der Waals surface area (Å²) in [6.45, 7) is 2.67. The third-order valence-electron chi connectivity index (χ3n) is 1.12. The van der Waals surface area contributed by atoms with Gasteiger partial charge in [0.05, 0.1) is 5.75 Å². The van der Waals surface area contributed by atoms with Crippen molar-refractivity contribution in [2.24, 2.45) is 0 Å². The van der Waals surface area contributed by atoms with E-state index in [-0.39, 0.29) is 5.75 Å². The van der Waals surface area contributed by atoms with E-state index in [0.717, 1.165) is 6.08 Å². The van der Waals surface area contributed by atoms with E-state index in [0.29, 0.717) is 0 Å². The first-order chi connectivity index (χ1) is 5.89. The number of aliphatic hydroxyl groups excluding tert-OH is 1. The number of nitrogens with one attached hydrogen (secondary N) is 1. The maximum atomic E-state index is 10.9. The van der Waals surface area contributed by atoms with Gasteiger partial charge in [0, 0.05) is 6.54 Å². The summed E-state index contributed by atoms with van der Waals surface area (Å²) in [7, 11) is -3.55. The molecule has 0 aromatic carbocycles. The Morgan fingerprint density at radius 2 is 2.15 bits per heavy atom. The second-order valence-corrected chi connectivity index (χ2v) is 4.12. The topological polar surface area (TPSA) is 104 Å². The van der Waals surface area contributed by atoms with Crippen LogP contribution in [0.25, 0.3) is 0 Å². The summed E-state index contributed by atoms with van der Waals surface area (Å²) in [5, 5.41) is 16.9. The van der Waals surface area contributed by atoms with Gasteiger partial charge in [0.2, 0.25) is 10.0 Å². The van der Waals surface area contributed by atoms with Gasteiger partial charge in [-0.15, -0.1) is 6.58 Å². The van der Waals surface area contributed by atoms with Crippen molar-refractivity contribution in [2.75, 3.05) is 12.3 Å². The Labute approximate surface area is 75.9 Å². The molecule has 0 bridgehead atoms. The van der Waals surface area contributed by atoms with Gasteiger partial charge >= 0.3 is 5.97 Å². The molecule has 0 saturated heterocycles. The zero-order valence-electron chi connectivity index (χ0n) is 6.80. The maximum absolute atomic E-state index is 10.9. The number of carboxylic acids is 1. The molecular formula is C6H11NO5S. The average Bonchev–Trinajstić information content (AvgIpc) is 2.00. The Hall–Kier alpha value is -0.920. The van der Waals surface area contributed by atoms with Crippen LogP contribution in [0.5, 0.6) is 0 Å². The Kier molecular flexibility index (Phi) is 4.60. The van der Waals surface area contributed by atoms with Crippen molar-refractivity contribution in [3.63, 3.8) is 0 Å². The lowest BCUT2D eigenvalue weighted by molar-refractivity contribution is -0.146. The number of carboxylic acid groups (broad SMARTS) is 1. The number of rotatable bonds is 6. The van der Waals surface area contributed by atoms with E-state index < -0.39 is 28.6 Å². The SMILES string of the molecule is C=CCS(=O)(=O)NCC(O)C(=O)O. The minimum atomic E-state index is -3.55. The highest BCUT2D eigenvalue weighted by Gasteiger charge is 2.16. The van der Waals surface area contributed by atoms with Crippen LogP contribution in [-0.4, -0.2) is 43.0 Å². The largest absolute Gasteiger partial charge is 0.479 e. The molecule has 0 aliphatic rings. The Bertz CT molecular complexity index is 283. The molecule has 0 aliphatic heterocycles. The van der Waals surface area contributed by atoms with Gasteiger partial charge in [0.25, 0.3) is 0 Å². The zero-order valence-corrected chi connectivity index (χ0v) is 7.62. The second-order valence-electron chi connectivity index (χ2n) is 2.27. The summed E-state index contributed by atoms with van der Waals surface area (Å²) >= 11 is 0. The van der Waals surface area contributed by atoms with Gasteiger partial charge in [0.15, 0.2) is 6.10 Å². The van der Waals surface area contributed by atoms with Crippen molar-refractivity contribution in [1.29, 1.82) is 0 Å². The smallest absolute Gasteiger partial charge is 0.333 e. The summed E-state index contributed by atoms with van der Waals surface area (Å²) in [6, 6.07) is 0. The van der Waals surface area contributed by atoms with E-state index in [4.69, 9.17) is 10.2 Å².